The number of alkyl halides is 2. The predicted octanol–water partition coefficient (Wildman–Crippen LogP) is 3.02. The van der Waals surface area contributed by atoms with Crippen LogP contribution < -0.4 is 15.4 Å². The summed E-state index contributed by atoms with van der Waals surface area (Å²) in [6.07, 6.45) is 0.564. The molecule has 1 aromatic carbocycles. The van der Waals surface area contributed by atoms with Gasteiger partial charge in [-0.15, -0.1) is 0 Å². The molecule has 0 aliphatic heterocycles. The van der Waals surface area contributed by atoms with Gasteiger partial charge in [0.1, 0.15) is 5.75 Å². The number of benzene rings is 1. The number of aliphatic hydroxyl groups excluding tert-OH is 1. The minimum absolute atomic E-state index is 0.0428. The fourth-order valence-corrected chi connectivity index (χ4v) is 2.55. The maximum Gasteiger partial charge on any atom is 0.387 e. The first kappa shape index (κ1) is 23.5. The monoisotopic (exact) mass is 425 g/mol. The van der Waals surface area contributed by atoms with E-state index >= 15 is 0 Å². The van der Waals surface area contributed by atoms with Gasteiger partial charge >= 0.3 is 6.61 Å². The van der Waals surface area contributed by atoms with Crippen LogP contribution in [0, 0.1) is 0 Å². The largest absolute Gasteiger partial charge is 0.435 e. The molecule has 0 aliphatic rings. The van der Waals surface area contributed by atoms with E-state index in [2.05, 4.69) is 30.5 Å². The van der Waals surface area contributed by atoms with Gasteiger partial charge in [-0.25, -0.2) is 0 Å². The summed E-state index contributed by atoms with van der Waals surface area (Å²) in [5.74, 6) is 2.16. The molecule has 166 valence electrons. The Bertz CT molecular complexity index is 781. The Morgan fingerprint density at radius 3 is 2.57 bits per heavy atom. The van der Waals surface area contributed by atoms with E-state index in [9.17, 15) is 13.9 Å². The van der Waals surface area contributed by atoms with Gasteiger partial charge in [0.15, 0.2) is 11.8 Å². The number of nitrogens with zero attached hydrogens (tertiary/aromatic N) is 3. The number of nitrogens with one attached hydrogen (secondary N) is 2. The van der Waals surface area contributed by atoms with Gasteiger partial charge in [-0.2, -0.15) is 13.8 Å². The Balaban J connectivity index is 1.80. The lowest BCUT2D eigenvalue weighted by molar-refractivity contribution is -0.0498. The topological polar surface area (TPSA) is 105 Å². The van der Waals surface area contributed by atoms with Gasteiger partial charge in [0.25, 0.3) is 0 Å². The lowest BCUT2D eigenvalue weighted by Crippen LogP contribution is -2.38. The van der Waals surface area contributed by atoms with Gasteiger partial charge in [0.05, 0.1) is 12.6 Å². The van der Waals surface area contributed by atoms with E-state index in [1.807, 2.05) is 20.8 Å². The Hall–Kier alpha value is -2.75. The zero-order valence-electron chi connectivity index (χ0n) is 17.4. The Morgan fingerprint density at radius 1 is 1.23 bits per heavy atom. The van der Waals surface area contributed by atoms with Crippen LogP contribution >= 0.6 is 0 Å². The van der Waals surface area contributed by atoms with Crippen LogP contribution in [0.4, 0.5) is 8.78 Å². The summed E-state index contributed by atoms with van der Waals surface area (Å²) in [6.45, 7) is 4.51. The lowest BCUT2D eigenvalue weighted by atomic mass is 10.1. The average molecular weight is 425 g/mol. The highest BCUT2D eigenvalue weighted by Crippen LogP contribution is 2.19. The van der Waals surface area contributed by atoms with Crippen LogP contribution in [0.1, 0.15) is 56.5 Å². The van der Waals surface area contributed by atoms with Crippen molar-refractivity contribution in [3.63, 3.8) is 0 Å². The van der Waals surface area contributed by atoms with Crippen molar-refractivity contribution in [1.82, 2.24) is 20.8 Å². The molecule has 3 N–H and O–H groups in total. The van der Waals surface area contributed by atoms with Gasteiger partial charge in [-0.05, 0) is 31.0 Å². The highest BCUT2D eigenvalue weighted by atomic mass is 19.3. The molecule has 1 unspecified atom stereocenters. The van der Waals surface area contributed by atoms with Crippen molar-refractivity contribution in [1.29, 1.82) is 0 Å². The maximum absolute atomic E-state index is 12.2. The maximum atomic E-state index is 12.2. The molecular weight excluding hydrogens is 396 g/mol. The minimum Gasteiger partial charge on any atom is -0.435 e. The molecule has 30 heavy (non-hydrogen) atoms. The Kier molecular flexibility index (Phi) is 9.46. The molecular formula is C20H29F2N5O3. The molecule has 1 aromatic heterocycles. The molecule has 0 spiro atoms. The summed E-state index contributed by atoms with van der Waals surface area (Å²) in [5.41, 5.74) is 0.563. The number of guanidine groups is 1. The van der Waals surface area contributed by atoms with Crippen LogP contribution in [0.3, 0.4) is 0 Å². The minimum atomic E-state index is -2.88. The number of aromatic nitrogens is 2. The van der Waals surface area contributed by atoms with Gasteiger partial charge < -0.3 is 25.0 Å². The quantitative estimate of drug-likeness (QED) is 0.289. The van der Waals surface area contributed by atoms with Gasteiger partial charge in [0, 0.05) is 25.4 Å². The smallest absolute Gasteiger partial charge is 0.387 e. The molecule has 0 radical (unpaired) electrons. The van der Waals surface area contributed by atoms with Crippen molar-refractivity contribution in [2.45, 2.75) is 52.2 Å². The molecule has 1 heterocycles. The van der Waals surface area contributed by atoms with Gasteiger partial charge in [-0.1, -0.05) is 31.1 Å². The summed E-state index contributed by atoms with van der Waals surface area (Å²) >= 11 is 0. The van der Waals surface area contributed by atoms with E-state index in [0.717, 1.165) is 6.42 Å². The number of ether oxygens (including phenoxy) is 1. The van der Waals surface area contributed by atoms with Crippen LogP contribution in [-0.4, -0.2) is 47.5 Å². The number of hydrogen-bond donors (Lipinski definition) is 3. The highest BCUT2D eigenvalue weighted by molar-refractivity contribution is 5.79. The third kappa shape index (κ3) is 7.94. The van der Waals surface area contributed by atoms with Crippen molar-refractivity contribution in [2.24, 2.45) is 4.99 Å². The Morgan fingerprint density at radius 2 is 1.97 bits per heavy atom. The summed E-state index contributed by atoms with van der Waals surface area (Å²) in [7, 11) is 0. The first-order chi connectivity index (χ1) is 14.4. The van der Waals surface area contributed by atoms with E-state index in [1.165, 1.54) is 24.3 Å². The first-order valence-corrected chi connectivity index (χ1v) is 9.96. The van der Waals surface area contributed by atoms with Crippen molar-refractivity contribution in [3.8, 4) is 5.75 Å². The molecule has 0 aliphatic carbocycles. The molecule has 2 rings (SSSR count). The second kappa shape index (κ2) is 12.1. The summed E-state index contributed by atoms with van der Waals surface area (Å²) in [4.78, 5) is 8.72. The molecule has 0 fully saturated rings. The normalized spacial score (nSPS) is 13.0. The molecule has 8 nitrogen and oxygen atoms in total. The van der Waals surface area contributed by atoms with Crippen LogP contribution in [-0.2, 0) is 6.42 Å². The van der Waals surface area contributed by atoms with E-state index in [1.54, 1.807) is 0 Å². The molecule has 1 atom stereocenters. The second-order valence-corrected chi connectivity index (χ2v) is 6.91. The molecule has 0 bridgehead atoms. The van der Waals surface area contributed by atoms with Gasteiger partial charge in [-0.3, -0.25) is 4.99 Å². The first-order valence-electron chi connectivity index (χ1n) is 9.96. The summed E-state index contributed by atoms with van der Waals surface area (Å²) in [6, 6.07) is 5.85. The van der Waals surface area contributed by atoms with Crippen molar-refractivity contribution < 1.29 is 23.1 Å². The number of aryl methyl sites for hydroxylation is 1. The molecule has 0 amide bonds. The van der Waals surface area contributed by atoms with Crippen LogP contribution in [0.5, 0.6) is 5.75 Å². The van der Waals surface area contributed by atoms with E-state index in [4.69, 9.17) is 4.52 Å². The zero-order chi connectivity index (χ0) is 21.9. The second-order valence-electron chi connectivity index (χ2n) is 6.91. The number of rotatable bonds is 11. The Labute approximate surface area is 174 Å². The SMILES string of the molecule is CCNC(=NCC(O)c1ccc(OC(F)F)cc1)NCCCc1nc(C(C)C)no1. The lowest BCUT2D eigenvalue weighted by Gasteiger charge is -2.13. The third-order valence-electron chi connectivity index (χ3n) is 4.12. The van der Waals surface area contributed by atoms with Crippen LogP contribution in [0.2, 0.25) is 0 Å². The molecule has 0 saturated carbocycles. The molecule has 2 aromatic rings. The van der Waals surface area contributed by atoms with Crippen molar-refractivity contribution >= 4 is 5.96 Å². The molecule has 10 heteroatoms. The third-order valence-corrected chi connectivity index (χ3v) is 4.12. The van der Waals surface area contributed by atoms with E-state index < -0.39 is 12.7 Å². The van der Waals surface area contributed by atoms with Crippen LogP contribution in [0.25, 0.3) is 0 Å². The average Bonchev–Trinajstić information content (AvgIpc) is 3.18. The summed E-state index contributed by atoms with van der Waals surface area (Å²) in [5, 5.41) is 20.5. The molecule has 0 saturated heterocycles. The predicted molar refractivity (Wildman–Crippen MR) is 109 cm³/mol. The number of halogens is 2. The summed E-state index contributed by atoms with van der Waals surface area (Å²) < 4.78 is 33.9. The highest BCUT2D eigenvalue weighted by Gasteiger charge is 2.11. The standard InChI is InChI=1S/C20H29F2N5O3/c1-4-23-20(24-11-5-6-17-26-18(13(2)3)27-30-17)25-12-16(28)14-7-9-15(10-8-14)29-19(21)22/h7-10,13,16,19,28H,4-6,11-12H2,1-3H3,(H2,23,24,25). The number of aliphatic imine (C=N–C) groups is 1. The van der Waals surface area contributed by atoms with E-state index in [0.29, 0.717) is 42.7 Å². The van der Waals surface area contributed by atoms with Crippen molar-refractivity contribution in [3.05, 3.63) is 41.5 Å². The fraction of sp³-hybridized carbons (Fsp3) is 0.550. The van der Waals surface area contributed by atoms with E-state index in [-0.39, 0.29) is 18.2 Å². The number of aliphatic hydroxyl groups is 1. The van der Waals surface area contributed by atoms with Crippen LogP contribution in [0.15, 0.2) is 33.8 Å². The fourth-order valence-electron chi connectivity index (χ4n) is 2.55. The van der Waals surface area contributed by atoms with Crippen molar-refractivity contribution in [2.75, 3.05) is 19.6 Å². The number of hydrogen-bond acceptors (Lipinski definition) is 6. The van der Waals surface area contributed by atoms with Gasteiger partial charge in [0.2, 0.25) is 5.89 Å². The zero-order valence-corrected chi connectivity index (χ0v) is 17.4.